The Hall–Kier alpha value is -7.62. The molecule has 0 unspecified atom stereocenters. The number of hydrogen-bond donors (Lipinski definition) is 4. The molecule has 0 heterocycles. The molecule has 16 heteroatoms. The summed E-state index contributed by atoms with van der Waals surface area (Å²) in [5.41, 5.74) is 2.00. The number of ether oxygens (including phenoxy) is 6. The highest BCUT2D eigenvalue weighted by atomic mass is 16.6. The Bertz CT molecular complexity index is 2420. The van der Waals surface area contributed by atoms with Gasteiger partial charge in [-0.05, 0) is 165 Å². The molecular weight excluding hydrogens is 945 g/mol. The highest BCUT2D eigenvalue weighted by Crippen LogP contribution is 2.26. The van der Waals surface area contributed by atoms with Crippen molar-refractivity contribution < 1.29 is 57.2 Å². The Morgan fingerprint density at radius 2 is 0.797 bits per heavy atom. The molecule has 0 saturated carbocycles. The van der Waals surface area contributed by atoms with Gasteiger partial charge in [0, 0.05) is 24.2 Å². The molecule has 4 rings (SSSR count). The Morgan fingerprint density at radius 1 is 0.446 bits per heavy atom. The van der Waals surface area contributed by atoms with Crippen LogP contribution < -0.4 is 30.7 Å². The standard InChI is InChI=1S/C58H74N4O12/c1-39(2)43-19-17-21-45(37-43)55(5,6)61-53(67)71-35-33-69-47-27-23-41(24-28-47)49(63)57(9,10)73-51(65)59-31-15-13-14-16-32-60-52(66)74-58(11,12)50(64)42-25-29-48(30-26-42)70-34-36-72-54(68)62-56(7,8)46-22-18-20-44(38-46)40(3)4/h17-30,37-38H,1,3,13-16,31-36H2,2,4-12H3,(H,59,65)(H,60,66)(H,61,67)(H,62,68). The number of ketones is 2. The van der Waals surface area contributed by atoms with Gasteiger partial charge in [0.05, 0.1) is 11.1 Å². The van der Waals surface area contributed by atoms with Crippen molar-refractivity contribution in [3.05, 3.63) is 144 Å². The van der Waals surface area contributed by atoms with Crippen molar-refractivity contribution in [2.75, 3.05) is 39.5 Å². The zero-order valence-corrected chi connectivity index (χ0v) is 44.6. The maximum Gasteiger partial charge on any atom is 0.408 e. The number of unbranched alkanes of at least 4 members (excludes halogenated alkanes) is 3. The van der Waals surface area contributed by atoms with E-state index in [0.29, 0.717) is 48.6 Å². The summed E-state index contributed by atoms with van der Waals surface area (Å²) in [5, 5.41) is 11.1. The van der Waals surface area contributed by atoms with Gasteiger partial charge in [0.15, 0.2) is 11.2 Å². The zero-order valence-electron chi connectivity index (χ0n) is 44.6. The Balaban J connectivity index is 1.04. The van der Waals surface area contributed by atoms with Crippen LogP contribution in [0.4, 0.5) is 19.2 Å². The second-order valence-corrected chi connectivity index (χ2v) is 20.0. The number of Topliss-reactive ketones (excluding diaryl/α,β-unsaturated/α-hetero) is 2. The van der Waals surface area contributed by atoms with Gasteiger partial charge in [-0.15, -0.1) is 0 Å². The summed E-state index contributed by atoms with van der Waals surface area (Å²) in [5.74, 6) is 0.118. The summed E-state index contributed by atoms with van der Waals surface area (Å²) in [7, 11) is 0. The molecule has 4 N–H and O–H groups in total. The maximum absolute atomic E-state index is 13.3. The van der Waals surface area contributed by atoms with Gasteiger partial charge in [-0.3, -0.25) is 9.59 Å². The molecule has 0 bridgehead atoms. The van der Waals surface area contributed by atoms with Crippen LogP contribution in [-0.4, -0.2) is 86.7 Å². The largest absolute Gasteiger partial charge is 0.490 e. The fourth-order valence-corrected chi connectivity index (χ4v) is 7.37. The van der Waals surface area contributed by atoms with E-state index in [-0.39, 0.29) is 26.4 Å². The summed E-state index contributed by atoms with van der Waals surface area (Å²) in [6, 6.07) is 28.3. The molecule has 0 aliphatic heterocycles. The Morgan fingerprint density at radius 3 is 1.14 bits per heavy atom. The molecule has 4 aromatic carbocycles. The number of allylic oxidation sites excluding steroid dienone is 2. The topological polar surface area (TPSA) is 206 Å². The lowest BCUT2D eigenvalue weighted by atomic mass is 9.92. The van der Waals surface area contributed by atoms with Crippen molar-refractivity contribution in [1.29, 1.82) is 0 Å². The van der Waals surface area contributed by atoms with Gasteiger partial charge in [0.1, 0.15) is 37.9 Å². The molecule has 0 spiro atoms. The number of amides is 4. The number of carbonyl (C=O) groups is 6. The smallest absolute Gasteiger partial charge is 0.408 e. The Labute approximate surface area is 435 Å². The van der Waals surface area contributed by atoms with Gasteiger partial charge in [-0.1, -0.05) is 73.5 Å². The summed E-state index contributed by atoms with van der Waals surface area (Å²) in [6.07, 6.45) is 0.119. The van der Waals surface area contributed by atoms with E-state index in [2.05, 4.69) is 34.4 Å². The molecule has 0 aliphatic carbocycles. The Kier molecular flexibility index (Phi) is 21.4. The molecule has 74 heavy (non-hydrogen) atoms. The average Bonchev–Trinajstić information content (AvgIpc) is 3.34. The van der Waals surface area contributed by atoms with Gasteiger partial charge in [-0.25, -0.2) is 19.2 Å². The number of carbonyl (C=O) groups excluding carboxylic acids is 6. The van der Waals surface area contributed by atoms with E-state index in [1.807, 2.05) is 90.1 Å². The van der Waals surface area contributed by atoms with Gasteiger partial charge in [0.2, 0.25) is 11.6 Å². The van der Waals surface area contributed by atoms with Crippen molar-refractivity contribution in [2.45, 2.75) is 117 Å². The highest BCUT2D eigenvalue weighted by Gasteiger charge is 2.34. The molecule has 398 valence electrons. The van der Waals surface area contributed by atoms with Gasteiger partial charge < -0.3 is 49.7 Å². The molecule has 0 aliphatic rings. The number of rotatable bonds is 27. The van der Waals surface area contributed by atoms with Crippen molar-refractivity contribution in [3.8, 4) is 11.5 Å². The maximum atomic E-state index is 13.3. The first-order valence-corrected chi connectivity index (χ1v) is 24.7. The molecule has 0 atom stereocenters. The summed E-state index contributed by atoms with van der Waals surface area (Å²) in [4.78, 5) is 76.8. The van der Waals surface area contributed by atoms with Crippen molar-refractivity contribution in [3.63, 3.8) is 0 Å². The van der Waals surface area contributed by atoms with Crippen LogP contribution in [-0.2, 0) is 30.0 Å². The quantitative estimate of drug-likeness (QED) is 0.0250. The fraction of sp³-hybridized carbons (Fsp3) is 0.414. The molecule has 0 radical (unpaired) electrons. The van der Waals surface area contributed by atoms with E-state index in [9.17, 15) is 28.8 Å². The third kappa shape index (κ3) is 18.8. The first-order valence-electron chi connectivity index (χ1n) is 24.7. The molecule has 4 aromatic rings. The van der Waals surface area contributed by atoms with Crippen LogP contribution in [0, 0.1) is 0 Å². The third-order valence-electron chi connectivity index (χ3n) is 11.8. The van der Waals surface area contributed by atoms with E-state index in [1.165, 1.54) is 27.7 Å². The van der Waals surface area contributed by atoms with E-state index in [4.69, 9.17) is 28.4 Å². The number of nitrogens with one attached hydrogen (secondary N) is 4. The second kappa shape index (κ2) is 26.9. The zero-order chi connectivity index (χ0) is 54.7. The van der Waals surface area contributed by atoms with Crippen molar-refractivity contribution in [1.82, 2.24) is 21.3 Å². The first kappa shape index (κ1) is 58.9. The van der Waals surface area contributed by atoms with Crippen LogP contribution in [0.1, 0.15) is 138 Å². The summed E-state index contributed by atoms with van der Waals surface area (Å²) >= 11 is 0. The molecular formula is C58H74N4O12. The second-order valence-electron chi connectivity index (χ2n) is 20.0. The van der Waals surface area contributed by atoms with Gasteiger partial charge >= 0.3 is 24.4 Å². The van der Waals surface area contributed by atoms with Crippen LogP contribution in [0.3, 0.4) is 0 Å². The van der Waals surface area contributed by atoms with Crippen molar-refractivity contribution >= 4 is 47.1 Å². The molecule has 0 fully saturated rings. The number of alkyl carbamates (subject to hydrolysis) is 4. The first-order chi connectivity index (χ1) is 34.8. The van der Waals surface area contributed by atoms with Crippen LogP contribution in [0.5, 0.6) is 11.5 Å². The summed E-state index contributed by atoms with van der Waals surface area (Å²) in [6.45, 7) is 26.2. The van der Waals surface area contributed by atoms with Crippen LogP contribution in [0.15, 0.2) is 110 Å². The lowest BCUT2D eigenvalue weighted by molar-refractivity contribution is 0.0319. The van der Waals surface area contributed by atoms with Gasteiger partial charge in [-0.2, -0.15) is 0 Å². The van der Waals surface area contributed by atoms with Crippen LogP contribution >= 0.6 is 0 Å². The lowest BCUT2D eigenvalue weighted by Gasteiger charge is -2.27. The number of benzene rings is 4. The number of hydrogen-bond acceptors (Lipinski definition) is 12. The normalized spacial score (nSPS) is 11.5. The molecule has 0 aromatic heterocycles. The minimum atomic E-state index is -1.45. The fourth-order valence-electron chi connectivity index (χ4n) is 7.37. The minimum absolute atomic E-state index is 0.00355. The molecule has 4 amide bonds. The minimum Gasteiger partial charge on any atom is -0.490 e. The van der Waals surface area contributed by atoms with E-state index >= 15 is 0 Å². The molecule has 16 nitrogen and oxygen atoms in total. The monoisotopic (exact) mass is 1020 g/mol. The third-order valence-corrected chi connectivity index (χ3v) is 11.8. The SMILES string of the molecule is C=C(C)c1cccc(C(C)(C)NC(=O)OCCOc2ccc(C(=O)C(C)(C)OC(=O)NCCCCCCNC(=O)OC(C)(C)C(=O)c3ccc(OCCOC(=O)NC(C)(C)c4cccc(C(=C)C)c4)cc3)cc2)c1. The van der Waals surface area contributed by atoms with E-state index < -0.39 is 58.2 Å². The predicted molar refractivity (Wildman–Crippen MR) is 285 cm³/mol. The highest BCUT2D eigenvalue weighted by molar-refractivity contribution is 6.03. The van der Waals surface area contributed by atoms with Crippen LogP contribution in [0.2, 0.25) is 0 Å². The van der Waals surface area contributed by atoms with Gasteiger partial charge in [0.25, 0.3) is 0 Å². The molecule has 0 saturated heterocycles. The van der Waals surface area contributed by atoms with E-state index in [0.717, 1.165) is 46.2 Å². The van der Waals surface area contributed by atoms with Crippen LogP contribution in [0.25, 0.3) is 11.1 Å². The summed E-state index contributed by atoms with van der Waals surface area (Å²) < 4.78 is 33.0. The average molecular weight is 1020 g/mol. The van der Waals surface area contributed by atoms with E-state index in [1.54, 1.807) is 48.5 Å². The predicted octanol–water partition coefficient (Wildman–Crippen LogP) is 11.5. The van der Waals surface area contributed by atoms with Crippen molar-refractivity contribution in [2.24, 2.45) is 0 Å². The lowest BCUT2D eigenvalue weighted by Crippen LogP contribution is -2.41.